The van der Waals surface area contributed by atoms with Crippen molar-refractivity contribution in [1.82, 2.24) is 24.8 Å². The van der Waals surface area contributed by atoms with Crippen LogP contribution < -0.4 is 11.0 Å². The maximum absolute atomic E-state index is 12.4. The van der Waals surface area contributed by atoms with Gasteiger partial charge in [-0.3, -0.25) is 14.3 Å². The molecule has 3 aromatic rings. The summed E-state index contributed by atoms with van der Waals surface area (Å²) in [6.07, 6.45) is 3.51. The number of aromatic nitrogens is 4. The molecule has 140 valence electrons. The van der Waals surface area contributed by atoms with Gasteiger partial charge in [0, 0.05) is 37.9 Å². The van der Waals surface area contributed by atoms with E-state index in [9.17, 15) is 9.59 Å². The van der Waals surface area contributed by atoms with Crippen LogP contribution in [0, 0.1) is 5.92 Å². The molecule has 2 aromatic heterocycles. The van der Waals surface area contributed by atoms with Crippen molar-refractivity contribution in [3.05, 3.63) is 46.5 Å². The molecule has 0 radical (unpaired) electrons. The second-order valence-electron chi connectivity index (χ2n) is 6.68. The number of carbonyl (C=O) groups is 1. The number of amides is 1. The molecule has 0 bridgehead atoms. The van der Waals surface area contributed by atoms with Crippen LogP contribution in [0.15, 0.2) is 35.3 Å². The molecule has 0 saturated carbocycles. The van der Waals surface area contributed by atoms with Gasteiger partial charge in [0.15, 0.2) is 11.3 Å². The number of H-pyrrole nitrogens is 1. The fourth-order valence-electron chi connectivity index (χ4n) is 3.35. The zero-order chi connectivity index (χ0) is 18.8. The maximum Gasteiger partial charge on any atom is 0.328 e. The number of hydrogen-bond donors (Lipinski definition) is 2. The molecular weight excluding hydrogens is 346 g/mol. The molecule has 2 N–H and O–H groups in total. The second-order valence-corrected chi connectivity index (χ2v) is 6.68. The molecule has 1 fully saturated rings. The Balaban J connectivity index is 1.67. The Morgan fingerprint density at radius 2 is 2.04 bits per heavy atom. The minimum Gasteiger partial charge on any atom is -0.381 e. The van der Waals surface area contributed by atoms with Gasteiger partial charge in [-0.05, 0) is 30.9 Å². The summed E-state index contributed by atoms with van der Waals surface area (Å²) < 4.78 is 7.06. The quantitative estimate of drug-likeness (QED) is 0.729. The Hall–Kier alpha value is -3.00. The van der Waals surface area contributed by atoms with E-state index in [1.165, 1.54) is 0 Å². The number of hydrogen-bond acceptors (Lipinski definition) is 5. The van der Waals surface area contributed by atoms with E-state index >= 15 is 0 Å². The Kier molecular flexibility index (Phi) is 4.72. The molecule has 3 heterocycles. The van der Waals surface area contributed by atoms with Crippen LogP contribution in [0.2, 0.25) is 0 Å². The Bertz CT molecular complexity index is 1020. The van der Waals surface area contributed by atoms with E-state index < -0.39 is 0 Å². The van der Waals surface area contributed by atoms with Crippen molar-refractivity contribution >= 4 is 17.2 Å². The number of rotatable bonds is 4. The second kappa shape index (κ2) is 7.32. The number of nitrogens with zero attached hydrogens (tertiary/aromatic N) is 3. The summed E-state index contributed by atoms with van der Waals surface area (Å²) in [5.41, 5.74) is 2.92. The van der Waals surface area contributed by atoms with Crippen LogP contribution in [0.3, 0.4) is 0 Å². The third-order valence-electron chi connectivity index (χ3n) is 4.93. The van der Waals surface area contributed by atoms with E-state index in [2.05, 4.69) is 20.3 Å². The minimum atomic E-state index is -0.191. The first-order valence-corrected chi connectivity index (χ1v) is 9.01. The lowest BCUT2D eigenvalue weighted by molar-refractivity contribution is 0.0613. The number of aromatic amines is 1. The van der Waals surface area contributed by atoms with Crippen molar-refractivity contribution in [2.75, 3.05) is 20.3 Å². The van der Waals surface area contributed by atoms with E-state index in [1.54, 1.807) is 29.9 Å². The molecule has 8 nitrogen and oxygen atoms in total. The third kappa shape index (κ3) is 3.48. The van der Waals surface area contributed by atoms with Gasteiger partial charge in [-0.1, -0.05) is 12.1 Å². The van der Waals surface area contributed by atoms with Crippen molar-refractivity contribution in [3.8, 4) is 11.3 Å². The minimum absolute atomic E-state index is 0.140. The largest absolute Gasteiger partial charge is 0.381 e. The number of ether oxygens (including phenoxy) is 1. The van der Waals surface area contributed by atoms with Gasteiger partial charge in [-0.2, -0.15) is 0 Å². The summed E-state index contributed by atoms with van der Waals surface area (Å²) in [7, 11) is 1.60. The fraction of sp³-hybridized carbons (Fsp3) is 0.368. The van der Waals surface area contributed by atoms with Gasteiger partial charge >= 0.3 is 5.69 Å². The smallest absolute Gasteiger partial charge is 0.328 e. The van der Waals surface area contributed by atoms with Crippen LogP contribution in [0.1, 0.15) is 23.2 Å². The van der Waals surface area contributed by atoms with Crippen LogP contribution >= 0.6 is 0 Å². The van der Waals surface area contributed by atoms with Gasteiger partial charge in [-0.25, -0.2) is 14.8 Å². The Morgan fingerprint density at radius 3 is 2.74 bits per heavy atom. The SMILES string of the molecule is CNC(=O)c1ccc(-c2cnc3[nH]c(=O)n(CC4CCOCC4)c3n2)cc1. The standard InChI is InChI=1S/C19H21N5O3/c1-20-18(25)14-4-2-13(3-5-14)15-10-21-16-17(22-15)24(19(26)23-16)11-12-6-8-27-9-7-12/h2-5,10,12H,6-9,11H2,1H3,(H,20,25)(H,21,23,26). The first-order valence-electron chi connectivity index (χ1n) is 9.01. The fourth-order valence-corrected chi connectivity index (χ4v) is 3.35. The zero-order valence-corrected chi connectivity index (χ0v) is 15.1. The zero-order valence-electron chi connectivity index (χ0n) is 15.1. The first kappa shape index (κ1) is 17.4. The summed E-state index contributed by atoms with van der Waals surface area (Å²) in [5.74, 6) is 0.256. The van der Waals surface area contributed by atoms with Crippen molar-refractivity contribution in [3.63, 3.8) is 0 Å². The molecule has 0 atom stereocenters. The highest BCUT2D eigenvalue weighted by Crippen LogP contribution is 2.21. The van der Waals surface area contributed by atoms with Gasteiger partial charge < -0.3 is 10.1 Å². The Labute approximate surface area is 155 Å². The lowest BCUT2D eigenvalue weighted by Crippen LogP contribution is -2.26. The van der Waals surface area contributed by atoms with Gasteiger partial charge in [0.05, 0.1) is 11.9 Å². The molecule has 1 aliphatic rings. The highest BCUT2D eigenvalue weighted by Gasteiger charge is 2.18. The lowest BCUT2D eigenvalue weighted by Gasteiger charge is -2.21. The van der Waals surface area contributed by atoms with E-state index in [0.29, 0.717) is 35.0 Å². The predicted molar refractivity (Wildman–Crippen MR) is 101 cm³/mol. The van der Waals surface area contributed by atoms with Crippen LogP contribution in [0.4, 0.5) is 0 Å². The lowest BCUT2D eigenvalue weighted by atomic mass is 10.0. The molecule has 0 spiro atoms. The topological polar surface area (TPSA) is 102 Å². The molecule has 4 rings (SSSR count). The summed E-state index contributed by atoms with van der Waals surface area (Å²) in [4.78, 5) is 35.9. The molecule has 1 saturated heterocycles. The van der Waals surface area contributed by atoms with Gasteiger partial charge in [0.25, 0.3) is 5.91 Å². The average molecular weight is 367 g/mol. The molecule has 27 heavy (non-hydrogen) atoms. The molecule has 1 aromatic carbocycles. The monoisotopic (exact) mass is 367 g/mol. The van der Waals surface area contributed by atoms with E-state index in [1.807, 2.05) is 12.1 Å². The van der Waals surface area contributed by atoms with Crippen LogP contribution in [-0.4, -0.2) is 45.7 Å². The molecule has 1 amide bonds. The van der Waals surface area contributed by atoms with Crippen molar-refractivity contribution in [2.45, 2.75) is 19.4 Å². The number of fused-ring (bicyclic) bond motifs is 1. The molecule has 8 heteroatoms. The number of benzene rings is 1. The summed E-state index contributed by atoms with van der Waals surface area (Å²) in [6, 6.07) is 7.14. The highest BCUT2D eigenvalue weighted by atomic mass is 16.5. The predicted octanol–water partition coefficient (Wildman–Crippen LogP) is 1.57. The van der Waals surface area contributed by atoms with Crippen molar-refractivity contribution in [2.24, 2.45) is 5.92 Å². The molecule has 1 aliphatic heterocycles. The van der Waals surface area contributed by atoms with Crippen molar-refractivity contribution in [1.29, 1.82) is 0 Å². The van der Waals surface area contributed by atoms with Gasteiger partial charge in [0.1, 0.15) is 0 Å². The molecule has 0 aliphatic carbocycles. The van der Waals surface area contributed by atoms with Crippen LogP contribution in [-0.2, 0) is 11.3 Å². The van der Waals surface area contributed by atoms with Gasteiger partial charge in [-0.15, -0.1) is 0 Å². The van der Waals surface area contributed by atoms with Crippen molar-refractivity contribution < 1.29 is 9.53 Å². The summed E-state index contributed by atoms with van der Waals surface area (Å²) >= 11 is 0. The number of imidazole rings is 1. The summed E-state index contributed by atoms with van der Waals surface area (Å²) in [6.45, 7) is 2.07. The molecule has 0 unspecified atom stereocenters. The first-order chi connectivity index (χ1) is 13.2. The number of carbonyl (C=O) groups excluding carboxylic acids is 1. The van der Waals surface area contributed by atoms with Crippen LogP contribution in [0.25, 0.3) is 22.6 Å². The van der Waals surface area contributed by atoms with Gasteiger partial charge in [0.2, 0.25) is 0 Å². The van der Waals surface area contributed by atoms with Crippen LogP contribution in [0.5, 0.6) is 0 Å². The average Bonchev–Trinajstić information content (AvgIpc) is 3.03. The van der Waals surface area contributed by atoms with E-state index in [-0.39, 0.29) is 11.6 Å². The molecular formula is C19H21N5O3. The Morgan fingerprint density at radius 1 is 1.30 bits per heavy atom. The maximum atomic E-state index is 12.4. The third-order valence-corrected chi connectivity index (χ3v) is 4.93. The normalized spacial score (nSPS) is 15.1. The summed E-state index contributed by atoms with van der Waals surface area (Å²) in [5, 5.41) is 2.60. The van der Waals surface area contributed by atoms with E-state index in [0.717, 1.165) is 31.6 Å². The highest BCUT2D eigenvalue weighted by molar-refractivity contribution is 5.94. The van der Waals surface area contributed by atoms with E-state index in [4.69, 9.17) is 4.74 Å². The number of nitrogens with one attached hydrogen (secondary N) is 2.